The van der Waals surface area contributed by atoms with Crippen LogP contribution in [0.15, 0.2) is 57.9 Å². The number of sulfone groups is 1. The summed E-state index contributed by atoms with van der Waals surface area (Å²) in [5.41, 5.74) is 2.82. The minimum absolute atomic E-state index is 0.0311. The summed E-state index contributed by atoms with van der Waals surface area (Å²) in [6.45, 7) is 1.76. The summed E-state index contributed by atoms with van der Waals surface area (Å²) in [5.74, 6) is -2.56. The van der Waals surface area contributed by atoms with Crippen LogP contribution in [0.3, 0.4) is 0 Å². The van der Waals surface area contributed by atoms with Gasteiger partial charge in [-0.3, -0.25) is 0 Å². The zero-order valence-electron chi connectivity index (χ0n) is 20.5. The van der Waals surface area contributed by atoms with Gasteiger partial charge < -0.3 is 19.1 Å². The Balaban J connectivity index is 1.37. The molecular formula is C28H21ClFNO7S. The molecule has 0 spiro atoms. The number of benzene rings is 3. The molecule has 1 fully saturated rings. The second-order valence-corrected chi connectivity index (χ2v) is 11.9. The van der Waals surface area contributed by atoms with Gasteiger partial charge >= 0.3 is 5.97 Å². The fourth-order valence-electron chi connectivity index (χ4n) is 4.71. The fourth-order valence-corrected chi connectivity index (χ4v) is 6.60. The van der Waals surface area contributed by atoms with Crippen LogP contribution < -0.4 is 9.47 Å². The van der Waals surface area contributed by atoms with Crippen LogP contribution in [0.5, 0.6) is 17.2 Å². The molecule has 8 nitrogen and oxygen atoms in total. The van der Waals surface area contributed by atoms with Crippen LogP contribution in [0.1, 0.15) is 51.6 Å². The fraction of sp³-hybridized carbons (Fsp3) is 0.214. The van der Waals surface area contributed by atoms with E-state index in [0.717, 1.165) is 18.4 Å². The maximum absolute atomic E-state index is 15.8. The molecule has 1 saturated carbocycles. The number of aryl methyl sites for hydroxylation is 1. The first kappa shape index (κ1) is 25.4. The lowest BCUT2D eigenvalue weighted by Crippen LogP contribution is -2.08. The summed E-state index contributed by atoms with van der Waals surface area (Å²) >= 11 is 6.48. The highest BCUT2D eigenvalue weighted by atomic mass is 35.5. The minimum Gasteiger partial charge on any atom is -0.486 e. The highest BCUT2D eigenvalue weighted by Crippen LogP contribution is 2.46. The number of aromatic nitrogens is 1. The Kier molecular flexibility index (Phi) is 6.11. The molecule has 1 aliphatic heterocycles. The van der Waals surface area contributed by atoms with Crippen molar-refractivity contribution < 1.29 is 36.7 Å². The number of fused-ring (bicyclic) bond motifs is 2. The molecule has 4 aromatic rings. The summed E-state index contributed by atoms with van der Waals surface area (Å²) in [5, 5.41) is 14.0. The van der Waals surface area contributed by atoms with Gasteiger partial charge in [0.25, 0.3) is 0 Å². The molecule has 0 bridgehead atoms. The standard InChI is InChI=1S/C28H21ClFNO7S/c1-14-3-2-4-19(29)23(14)25-18(26(38-31-25)15-5-6-15)12-36-20-9-10-21-27(24(20)30)39(34,35)13-17-8-7-16(28(32)33)11-22(17)37-21/h2-4,7-11,15H,5-6,12-13H2,1H3,(H,32,33). The summed E-state index contributed by atoms with van der Waals surface area (Å²) in [4.78, 5) is 10.7. The van der Waals surface area contributed by atoms with Gasteiger partial charge in [0.15, 0.2) is 21.4 Å². The Hall–Kier alpha value is -3.89. The summed E-state index contributed by atoms with van der Waals surface area (Å²) < 4.78 is 59.4. The quantitative estimate of drug-likeness (QED) is 0.273. The van der Waals surface area contributed by atoms with Gasteiger partial charge in [0, 0.05) is 17.0 Å². The molecule has 39 heavy (non-hydrogen) atoms. The lowest BCUT2D eigenvalue weighted by molar-refractivity contribution is 0.0696. The van der Waals surface area contributed by atoms with E-state index in [2.05, 4.69) is 5.16 Å². The molecule has 2 heterocycles. The molecule has 0 radical (unpaired) electrons. The number of nitrogens with zero attached hydrogens (tertiary/aromatic N) is 1. The lowest BCUT2D eigenvalue weighted by Gasteiger charge is -2.14. The molecule has 0 unspecified atom stereocenters. The zero-order chi connectivity index (χ0) is 27.5. The Labute approximate surface area is 227 Å². The van der Waals surface area contributed by atoms with E-state index in [1.54, 1.807) is 6.07 Å². The van der Waals surface area contributed by atoms with E-state index < -0.39 is 32.3 Å². The van der Waals surface area contributed by atoms with Crippen molar-refractivity contribution in [3.8, 4) is 28.5 Å². The molecule has 1 N–H and O–H groups in total. The Morgan fingerprint density at radius 2 is 1.97 bits per heavy atom. The van der Waals surface area contributed by atoms with Crippen LogP contribution in [0.2, 0.25) is 5.02 Å². The van der Waals surface area contributed by atoms with E-state index in [-0.39, 0.29) is 40.9 Å². The number of carbonyl (C=O) groups is 1. The number of rotatable bonds is 6. The van der Waals surface area contributed by atoms with E-state index in [1.807, 2.05) is 19.1 Å². The van der Waals surface area contributed by atoms with Crippen molar-refractivity contribution in [1.29, 1.82) is 0 Å². The maximum Gasteiger partial charge on any atom is 0.335 e. The zero-order valence-corrected chi connectivity index (χ0v) is 22.1. The van der Waals surface area contributed by atoms with Gasteiger partial charge in [-0.05, 0) is 55.7 Å². The van der Waals surface area contributed by atoms with Crippen LogP contribution in [0, 0.1) is 12.7 Å². The van der Waals surface area contributed by atoms with Gasteiger partial charge in [-0.2, -0.15) is 0 Å². The van der Waals surface area contributed by atoms with Gasteiger partial charge in [-0.15, -0.1) is 0 Å². The molecule has 6 rings (SSSR count). The van der Waals surface area contributed by atoms with Gasteiger partial charge in [-0.1, -0.05) is 35.0 Å². The molecule has 1 aromatic heterocycles. The van der Waals surface area contributed by atoms with Crippen LogP contribution in [-0.2, 0) is 22.2 Å². The smallest absolute Gasteiger partial charge is 0.335 e. The summed E-state index contributed by atoms with van der Waals surface area (Å²) in [6.07, 6.45) is 1.85. The molecule has 11 heteroatoms. The van der Waals surface area contributed by atoms with Crippen molar-refractivity contribution in [1.82, 2.24) is 5.16 Å². The molecule has 2 aliphatic rings. The van der Waals surface area contributed by atoms with Crippen LogP contribution in [0.25, 0.3) is 11.3 Å². The van der Waals surface area contributed by atoms with Crippen molar-refractivity contribution >= 4 is 27.4 Å². The summed E-state index contributed by atoms with van der Waals surface area (Å²) in [7, 11) is -4.20. The largest absolute Gasteiger partial charge is 0.486 e. The normalized spacial score (nSPS) is 15.6. The van der Waals surface area contributed by atoms with Crippen molar-refractivity contribution in [2.24, 2.45) is 0 Å². The average Bonchev–Trinajstić information content (AvgIpc) is 3.65. The third kappa shape index (κ3) is 4.53. The number of ether oxygens (including phenoxy) is 2. The number of halogens is 2. The highest BCUT2D eigenvalue weighted by Gasteiger charge is 2.35. The number of hydrogen-bond donors (Lipinski definition) is 1. The average molecular weight is 570 g/mol. The van der Waals surface area contributed by atoms with E-state index in [0.29, 0.717) is 27.6 Å². The van der Waals surface area contributed by atoms with Crippen molar-refractivity contribution in [3.63, 3.8) is 0 Å². The van der Waals surface area contributed by atoms with E-state index >= 15 is 4.39 Å². The van der Waals surface area contributed by atoms with Crippen LogP contribution in [-0.4, -0.2) is 24.7 Å². The lowest BCUT2D eigenvalue weighted by atomic mass is 10.0. The van der Waals surface area contributed by atoms with Crippen LogP contribution in [0.4, 0.5) is 4.39 Å². The van der Waals surface area contributed by atoms with E-state index in [4.69, 9.17) is 25.6 Å². The van der Waals surface area contributed by atoms with Crippen molar-refractivity contribution in [3.05, 3.63) is 87.4 Å². The van der Waals surface area contributed by atoms with Gasteiger partial charge in [0.05, 0.1) is 21.9 Å². The monoisotopic (exact) mass is 569 g/mol. The summed E-state index contributed by atoms with van der Waals surface area (Å²) in [6, 6.07) is 11.9. The third-order valence-corrected chi connectivity index (χ3v) is 8.82. The topological polar surface area (TPSA) is 116 Å². The van der Waals surface area contributed by atoms with Gasteiger partial charge in [-0.25, -0.2) is 17.6 Å². The molecule has 0 atom stereocenters. The molecule has 0 saturated heterocycles. The molecule has 1 aliphatic carbocycles. The molecule has 0 amide bonds. The number of hydrogen-bond acceptors (Lipinski definition) is 7. The second kappa shape index (κ2) is 9.39. The van der Waals surface area contributed by atoms with Gasteiger partial charge in [0.1, 0.15) is 34.5 Å². The molecule has 3 aromatic carbocycles. The van der Waals surface area contributed by atoms with Crippen molar-refractivity contribution in [2.45, 2.75) is 42.9 Å². The van der Waals surface area contributed by atoms with Gasteiger partial charge in [0.2, 0.25) is 0 Å². The Morgan fingerprint density at radius 1 is 1.18 bits per heavy atom. The Bertz CT molecular complexity index is 1740. The molecular weight excluding hydrogens is 549 g/mol. The van der Waals surface area contributed by atoms with E-state index in [9.17, 15) is 18.3 Å². The first-order valence-electron chi connectivity index (χ1n) is 12.1. The highest BCUT2D eigenvalue weighted by molar-refractivity contribution is 7.90. The molecule has 200 valence electrons. The number of aromatic carboxylic acids is 1. The predicted molar refractivity (Wildman–Crippen MR) is 139 cm³/mol. The Morgan fingerprint density at radius 3 is 2.69 bits per heavy atom. The van der Waals surface area contributed by atoms with Crippen molar-refractivity contribution in [2.75, 3.05) is 0 Å². The first-order chi connectivity index (χ1) is 18.6. The SMILES string of the molecule is Cc1cccc(Cl)c1-c1noc(C2CC2)c1COc1ccc2c(c1F)S(=O)(=O)Cc1ccc(C(=O)O)cc1O2. The third-order valence-electron chi connectivity index (χ3n) is 6.81. The number of carboxylic acids is 1. The minimum atomic E-state index is -4.20. The predicted octanol–water partition coefficient (Wildman–Crippen LogP) is 6.68. The second-order valence-electron chi connectivity index (χ2n) is 9.56. The first-order valence-corrected chi connectivity index (χ1v) is 14.1. The van der Waals surface area contributed by atoms with Crippen LogP contribution >= 0.6 is 11.6 Å². The number of carboxylic acid groups (broad SMARTS) is 1. The maximum atomic E-state index is 15.8. The van der Waals surface area contributed by atoms with E-state index in [1.165, 1.54) is 30.3 Å².